The van der Waals surface area contributed by atoms with E-state index in [2.05, 4.69) is 37.3 Å². The summed E-state index contributed by atoms with van der Waals surface area (Å²) >= 11 is 3.50. The van der Waals surface area contributed by atoms with Crippen molar-refractivity contribution < 1.29 is 0 Å². The molecule has 0 atom stereocenters. The minimum Gasteiger partial charge on any atom is -0.314 e. The Morgan fingerprint density at radius 3 is 2.71 bits per heavy atom. The average molecular weight is 320 g/mol. The highest BCUT2D eigenvalue weighted by atomic mass is 32.1. The van der Waals surface area contributed by atoms with Crippen molar-refractivity contribution in [2.45, 2.75) is 12.6 Å². The van der Waals surface area contributed by atoms with E-state index in [0.29, 0.717) is 0 Å². The molecule has 0 bridgehead atoms. The Balaban J connectivity index is 1.32. The lowest BCUT2D eigenvalue weighted by Crippen LogP contribution is -2.61. The summed E-state index contributed by atoms with van der Waals surface area (Å²) in [6, 6.07) is 2.94. The van der Waals surface area contributed by atoms with Crippen LogP contribution in [0.5, 0.6) is 0 Å². The lowest BCUT2D eigenvalue weighted by molar-refractivity contribution is 0.0691. The Morgan fingerprint density at radius 2 is 2.05 bits per heavy atom. The zero-order valence-electron chi connectivity index (χ0n) is 12.0. The van der Waals surface area contributed by atoms with Crippen molar-refractivity contribution in [3.63, 3.8) is 0 Å². The SMILES string of the molecule is c1cc(-c2nc(CN3CCN(C4CNC4)CC3)cs2)cs1. The average Bonchev–Trinajstić information content (AvgIpc) is 3.09. The summed E-state index contributed by atoms with van der Waals surface area (Å²) in [5.41, 5.74) is 2.48. The van der Waals surface area contributed by atoms with Gasteiger partial charge in [0.1, 0.15) is 5.01 Å². The monoisotopic (exact) mass is 320 g/mol. The molecule has 1 N–H and O–H groups in total. The predicted octanol–water partition coefficient (Wildman–Crippen LogP) is 1.96. The smallest absolute Gasteiger partial charge is 0.124 e. The van der Waals surface area contributed by atoms with Crippen LogP contribution in [0.2, 0.25) is 0 Å². The van der Waals surface area contributed by atoms with Crippen LogP contribution in [0.1, 0.15) is 5.69 Å². The molecule has 4 heterocycles. The second-order valence-corrected chi connectivity index (χ2v) is 7.42. The topological polar surface area (TPSA) is 31.4 Å². The second-order valence-electron chi connectivity index (χ2n) is 5.78. The highest BCUT2D eigenvalue weighted by molar-refractivity contribution is 7.14. The summed E-state index contributed by atoms with van der Waals surface area (Å²) in [7, 11) is 0. The fourth-order valence-corrected chi connectivity index (χ4v) is 4.47. The first kappa shape index (κ1) is 13.8. The van der Waals surface area contributed by atoms with Gasteiger partial charge in [0.25, 0.3) is 0 Å². The Labute approximate surface area is 133 Å². The molecule has 2 aromatic heterocycles. The van der Waals surface area contributed by atoms with Crippen LogP contribution in [0.15, 0.2) is 22.2 Å². The fraction of sp³-hybridized carbons (Fsp3) is 0.533. The Hall–Kier alpha value is -0.790. The quantitative estimate of drug-likeness (QED) is 0.933. The molecule has 2 aliphatic rings. The highest BCUT2D eigenvalue weighted by Gasteiger charge is 2.27. The molecular weight excluding hydrogens is 300 g/mol. The molecule has 0 radical (unpaired) electrons. The van der Waals surface area contributed by atoms with Gasteiger partial charge in [0.2, 0.25) is 0 Å². The van der Waals surface area contributed by atoms with Gasteiger partial charge in [-0.25, -0.2) is 4.98 Å². The van der Waals surface area contributed by atoms with E-state index in [4.69, 9.17) is 4.98 Å². The van der Waals surface area contributed by atoms with E-state index in [1.165, 1.54) is 50.5 Å². The van der Waals surface area contributed by atoms with Gasteiger partial charge < -0.3 is 5.32 Å². The van der Waals surface area contributed by atoms with E-state index in [1.807, 2.05) is 0 Å². The molecular formula is C15H20N4S2. The number of nitrogens with one attached hydrogen (secondary N) is 1. The van der Waals surface area contributed by atoms with E-state index < -0.39 is 0 Å². The van der Waals surface area contributed by atoms with Gasteiger partial charge in [-0.15, -0.1) is 11.3 Å². The van der Waals surface area contributed by atoms with Gasteiger partial charge in [-0.2, -0.15) is 11.3 Å². The molecule has 0 unspecified atom stereocenters. The van der Waals surface area contributed by atoms with E-state index in [0.717, 1.165) is 17.6 Å². The number of hydrogen-bond acceptors (Lipinski definition) is 6. The van der Waals surface area contributed by atoms with Crippen LogP contribution in [0, 0.1) is 0 Å². The first-order valence-corrected chi connectivity index (χ1v) is 9.35. The zero-order chi connectivity index (χ0) is 14.1. The van der Waals surface area contributed by atoms with Gasteiger partial charge >= 0.3 is 0 Å². The van der Waals surface area contributed by atoms with Crippen molar-refractivity contribution in [1.29, 1.82) is 0 Å². The van der Waals surface area contributed by atoms with Crippen LogP contribution < -0.4 is 5.32 Å². The molecule has 0 aliphatic carbocycles. The summed E-state index contributed by atoms with van der Waals surface area (Å²) < 4.78 is 0. The second kappa shape index (κ2) is 6.14. The van der Waals surface area contributed by atoms with Crippen LogP contribution in [-0.2, 0) is 6.54 Å². The number of thiazole rings is 1. The summed E-state index contributed by atoms with van der Waals surface area (Å²) in [5, 5.41) is 11.0. The third kappa shape index (κ3) is 3.05. The minimum absolute atomic E-state index is 0.789. The van der Waals surface area contributed by atoms with Gasteiger partial charge in [-0.05, 0) is 11.4 Å². The maximum atomic E-state index is 4.79. The molecule has 112 valence electrons. The number of rotatable bonds is 4. The van der Waals surface area contributed by atoms with Crippen molar-refractivity contribution in [1.82, 2.24) is 20.1 Å². The molecule has 2 saturated heterocycles. The normalized spacial score (nSPS) is 21.5. The largest absolute Gasteiger partial charge is 0.314 e. The molecule has 2 aromatic rings. The van der Waals surface area contributed by atoms with Crippen molar-refractivity contribution in [2.75, 3.05) is 39.3 Å². The van der Waals surface area contributed by atoms with E-state index in [-0.39, 0.29) is 0 Å². The molecule has 0 aromatic carbocycles. The molecule has 0 spiro atoms. The van der Waals surface area contributed by atoms with Crippen LogP contribution in [0.3, 0.4) is 0 Å². The standard InChI is InChI=1S/C15H20N4S2/c1-6-20-10-12(1)15-17-13(11-21-15)9-18-2-4-19(5-3-18)14-7-16-8-14/h1,6,10-11,14,16H,2-5,7-9H2. The fourth-order valence-electron chi connectivity index (χ4n) is 2.95. The van der Waals surface area contributed by atoms with Gasteiger partial charge in [-0.3, -0.25) is 9.80 Å². The lowest BCUT2D eigenvalue weighted by Gasteiger charge is -2.43. The van der Waals surface area contributed by atoms with Gasteiger partial charge in [0.05, 0.1) is 5.69 Å². The summed E-state index contributed by atoms with van der Waals surface area (Å²) in [6.07, 6.45) is 0. The summed E-state index contributed by atoms with van der Waals surface area (Å²) in [6.45, 7) is 8.09. The number of thiophene rings is 1. The van der Waals surface area contributed by atoms with Crippen molar-refractivity contribution in [2.24, 2.45) is 0 Å². The first-order chi connectivity index (χ1) is 10.4. The van der Waals surface area contributed by atoms with Crippen molar-refractivity contribution in [3.05, 3.63) is 27.9 Å². The highest BCUT2D eigenvalue weighted by Crippen LogP contribution is 2.26. The molecule has 4 nitrogen and oxygen atoms in total. The molecule has 2 fully saturated rings. The molecule has 0 amide bonds. The molecule has 2 aliphatic heterocycles. The van der Waals surface area contributed by atoms with Crippen molar-refractivity contribution in [3.8, 4) is 10.6 Å². The zero-order valence-corrected chi connectivity index (χ0v) is 13.6. The number of hydrogen-bond donors (Lipinski definition) is 1. The summed E-state index contributed by atoms with van der Waals surface area (Å²) in [5.74, 6) is 0. The number of piperazine rings is 1. The predicted molar refractivity (Wildman–Crippen MR) is 88.9 cm³/mol. The Kier molecular flexibility index (Phi) is 4.05. The maximum Gasteiger partial charge on any atom is 0.124 e. The Bertz CT molecular complexity index is 568. The molecule has 21 heavy (non-hydrogen) atoms. The van der Waals surface area contributed by atoms with Gasteiger partial charge in [0.15, 0.2) is 0 Å². The number of nitrogens with zero attached hydrogens (tertiary/aromatic N) is 3. The van der Waals surface area contributed by atoms with E-state index >= 15 is 0 Å². The minimum atomic E-state index is 0.789. The third-order valence-electron chi connectivity index (χ3n) is 4.39. The van der Waals surface area contributed by atoms with Crippen LogP contribution >= 0.6 is 22.7 Å². The molecule has 6 heteroatoms. The molecule has 0 saturated carbocycles. The van der Waals surface area contributed by atoms with Crippen LogP contribution in [0.4, 0.5) is 0 Å². The summed E-state index contributed by atoms with van der Waals surface area (Å²) in [4.78, 5) is 9.95. The van der Waals surface area contributed by atoms with Crippen LogP contribution in [-0.4, -0.2) is 60.1 Å². The van der Waals surface area contributed by atoms with Crippen molar-refractivity contribution >= 4 is 22.7 Å². The van der Waals surface area contributed by atoms with E-state index in [1.54, 1.807) is 22.7 Å². The lowest BCUT2D eigenvalue weighted by atomic mass is 10.1. The maximum absolute atomic E-state index is 4.79. The first-order valence-electron chi connectivity index (χ1n) is 7.52. The van der Waals surface area contributed by atoms with Gasteiger partial charge in [-0.1, -0.05) is 0 Å². The third-order valence-corrected chi connectivity index (χ3v) is 6.01. The van der Waals surface area contributed by atoms with E-state index in [9.17, 15) is 0 Å². The molecule has 4 rings (SSSR count). The Morgan fingerprint density at radius 1 is 1.19 bits per heavy atom. The van der Waals surface area contributed by atoms with Crippen LogP contribution in [0.25, 0.3) is 10.6 Å². The van der Waals surface area contributed by atoms with Gasteiger partial charge in [0, 0.05) is 68.2 Å². The number of aromatic nitrogens is 1.